The van der Waals surface area contributed by atoms with E-state index in [1.54, 1.807) is 6.20 Å². The van der Waals surface area contributed by atoms with E-state index in [1.807, 2.05) is 54.6 Å². The van der Waals surface area contributed by atoms with Crippen molar-refractivity contribution in [2.75, 3.05) is 0 Å². The predicted molar refractivity (Wildman–Crippen MR) is 73.2 cm³/mol. The Morgan fingerprint density at radius 3 is 2.42 bits per heavy atom. The van der Waals surface area contributed by atoms with Crippen LogP contribution in [0.4, 0.5) is 0 Å². The van der Waals surface area contributed by atoms with Crippen LogP contribution in [-0.2, 0) is 0 Å². The number of pyridine rings is 1. The number of nitriles is 2. The van der Waals surface area contributed by atoms with Crippen LogP contribution in [0.2, 0.25) is 0 Å². The summed E-state index contributed by atoms with van der Waals surface area (Å²) in [6.07, 6.45) is 1.73. The number of rotatable bonds is 1. The molecule has 0 radical (unpaired) electrons. The maximum atomic E-state index is 9.12. The molecule has 0 aliphatic carbocycles. The summed E-state index contributed by atoms with van der Waals surface area (Å²) in [5.41, 5.74) is 1.57. The van der Waals surface area contributed by atoms with Gasteiger partial charge in [0.1, 0.15) is 0 Å². The Kier molecular flexibility index (Phi) is 2.59. The van der Waals surface area contributed by atoms with Gasteiger partial charge in [0.05, 0.1) is 17.7 Å². The highest BCUT2D eigenvalue weighted by atomic mass is 14.6. The second-order valence-electron chi connectivity index (χ2n) is 4.28. The van der Waals surface area contributed by atoms with Crippen molar-refractivity contribution >= 4 is 21.7 Å². The number of aromatic nitrogens is 1. The van der Waals surface area contributed by atoms with Gasteiger partial charge in [-0.25, -0.2) is 0 Å². The Bertz CT molecular complexity index is 839. The maximum absolute atomic E-state index is 9.12. The van der Waals surface area contributed by atoms with E-state index < -0.39 is 5.92 Å². The molecule has 0 N–H and O–H groups in total. The van der Waals surface area contributed by atoms with E-state index >= 15 is 0 Å². The van der Waals surface area contributed by atoms with Gasteiger partial charge in [-0.2, -0.15) is 10.5 Å². The first-order valence-corrected chi connectivity index (χ1v) is 5.91. The van der Waals surface area contributed by atoms with E-state index in [9.17, 15) is 0 Å². The van der Waals surface area contributed by atoms with Gasteiger partial charge in [0.25, 0.3) is 0 Å². The normalized spacial score (nSPS) is 10.5. The van der Waals surface area contributed by atoms with E-state index in [0.29, 0.717) is 0 Å². The van der Waals surface area contributed by atoms with Crippen LogP contribution < -0.4 is 0 Å². The Labute approximate surface area is 110 Å². The van der Waals surface area contributed by atoms with E-state index in [-0.39, 0.29) is 0 Å². The van der Waals surface area contributed by atoms with Crippen molar-refractivity contribution in [1.82, 2.24) is 4.98 Å². The average molecular weight is 243 g/mol. The van der Waals surface area contributed by atoms with Gasteiger partial charge in [0, 0.05) is 17.0 Å². The van der Waals surface area contributed by atoms with Crippen LogP contribution in [0, 0.1) is 22.7 Å². The summed E-state index contributed by atoms with van der Waals surface area (Å²) in [4.78, 5) is 4.40. The van der Waals surface area contributed by atoms with Crippen LogP contribution in [0.3, 0.4) is 0 Å². The molecule has 0 aliphatic heterocycles. The highest BCUT2D eigenvalue weighted by molar-refractivity contribution is 6.07. The minimum atomic E-state index is -0.767. The lowest BCUT2D eigenvalue weighted by Crippen LogP contribution is -1.94. The van der Waals surface area contributed by atoms with Crippen molar-refractivity contribution < 1.29 is 0 Å². The second-order valence-corrected chi connectivity index (χ2v) is 4.28. The minimum absolute atomic E-state index is 0.729. The number of nitrogens with zero attached hydrogens (tertiary/aromatic N) is 3. The summed E-state index contributed by atoms with van der Waals surface area (Å²) in [6, 6.07) is 17.6. The summed E-state index contributed by atoms with van der Waals surface area (Å²) in [7, 11) is 0. The van der Waals surface area contributed by atoms with Crippen LogP contribution >= 0.6 is 0 Å². The summed E-state index contributed by atoms with van der Waals surface area (Å²) in [6.45, 7) is 0. The monoisotopic (exact) mass is 243 g/mol. The Balaban J connectivity index is 2.50. The number of hydrogen-bond donors (Lipinski definition) is 0. The average Bonchev–Trinajstić information content (AvgIpc) is 2.48. The van der Waals surface area contributed by atoms with Crippen LogP contribution in [0.1, 0.15) is 11.5 Å². The van der Waals surface area contributed by atoms with Gasteiger partial charge in [-0.3, -0.25) is 4.98 Å². The molecule has 3 rings (SSSR count). The van der Waals surface area contributed by atoms with Gasteiger partial charge >= 0.3 is 0 Å². The molecule has 0 fully saturated rings. The van der Waals surface area contributed by atoms with Crippen LogP contribution in [0.15, 0.2) is 48.7 Å². The Morgan fingerprint density at radius 1 is 0.895 bits per heavy atom. The van der Waals surface area contributed by atoms with Crippen molar-refractivity contribution in [3.8, 4) is 12.1 Å². The molecule has 0 saturated carbocycles. The molecule has 0 spiro atoms. The lowest BCUT2D eigenvalue weighted by Gasteiger charge is -2.09. The summed E-state index contributed by atoms with van der Waals surface area (Å²) >= 11 is 0. The number of hydrogen-bond acceptors (Lipinski definition) is 3. The third-order valence-electron chi connectivity index (χ3n) is 3.22. The molecule has 0 unspecified atom stereocenters. The van der Waals surface area contributed by atoms with Crippen molar-refractivity contribution in [3.63, 3.8) is 0 Å². The molecular formula is C16H9N3. The fourth-order valence-corrected chi connectivity index (χ4v) is 2.35. The van der Waals surface area contributed by atoms with Crippen LogP contribution in [-0.4, -0.2) is 4.98 Å². The fraction of sp³-hybridized carbons (Fsp3) is 0.0625. The molecule has 3 aromatic rings. The molecule has 1 aromatic heterocycles. The first kappa shape index (κ1) is 11.2. The minimum Gasteiger partial charge on any atom is -0.256 e. The van der Waals surface area contributed by atoms with E-state index in [0.717, 1.165) is 27.2 Å². The summed E-state index contributed by atoms with van der Waals surface area (Å²) in [5, 5.41) is 21.1. The number of fused-ring (bicyclic) bond motifs is 3. The maximum Gasteiger partial charge on any atom is 0.158 e. The molecule has 88 valence electrons. The van der Waals surface area contributed by atoms with Gasteiger partial charge in [-0.1, -0.05) is 36.4 Å². The van der Waals surface area contributed by atoms with Gasteiger partial charge < -0.3 is 0 Å². The zero-order valence-electron chi connectivity index (χ0n) is 10.0. The molecule has 0 amide bonds. The van der Waals surface area contributed by atoms with E-state index in [2.05, 4.69) is 4.98 Å². The van der Waals surface area contributed by atoms with Gasteiger partial charge in [-0.15, -0.1) is 0 Å². The third kappa shape index (κ3) is 1.69. The molecular weight excluding hydrogens is 234 g/mol. The van der Waals surface area contributed by atoms with Crippen molar-refractivity contribution in [1.29, 1.82) is 10.5 Å². The smallest absolute Gasteiger partial charge is 0.158 e. The molecule has 0 aliphatic rings. The standard InChI is InChI=1S/C16H9N3/c17-9-13(10-18)14-5-1-3-11-6-7-12-4-2-8-19-16(12)15(11)14/h1-8,13H. The topological polar surface area (TPSA) is 60.5 Å². The summed E-state index contributed by atoms with van der Waals surface area (Å²) < 4.78 is 0. The zero-order chi connectivity index (χ0) is 13.2. The second kappa shape index (κ2) is 4.40. The first-order chi connectivity index (χ1) is 9.35. The summed E-state index contributed by atoms with van der Waals surface area (Å²) in [5.74, 6) is -0.767. The molecule has 0 bridgehead atoms. The van der Waals surface area contributed by atoms with Crippen LogP contribution in [0.5, 0.6) is 0 Å². The van der Waals surface area contributed by atoms with E-state index in [1.165, 1.54) is 0 Å². The van der Waals surface area contributed by atoms with Crippen LogP contribution in [0.25, 0.3) is 21.7 Å². The predicted octanol–water partition coefficient (Wildman–Crippen LogP) is 3.52. The highest BCUT2D eigenvalue weighted by Gasteiger charge is 2.14. The molecule has 1 heterocycles. The lowest BCUT2D eigenvalue weighted by atomic mass is 9.93. The molecule has 0 atom stereocenters. The highest BCUT2D eigenvalue weighted by Crippen LogP contribution is 2.30. The molecule has 3 heteroatoms. The first-order valence-electron chi connectivity index (χ1n) is 5.91. The molecule has 2 aromatic carbocycles. The van der Waals surface area contributed by atoms with E-state index in [4.69, 9.17) is 10.5 Å². The number of benzene rings is 2. The van der Waals surface area contributed by atoms with Crippen molar-refractivity contribution in [3.05, 3.63) is 54.2 Å². The molecule has 19 heavy (non-hydrogen) atoms. The van der Waals surface area contributed by atoms with Gasteiger partial charge in [0.15, 0.2) is 5.92 Å². The van der Waals surface area contributed by atoms with Crippen molar-refractivity contribution in [2.45, 2.75) is 5.92 Å². The largest absolute Gasteiger partial charge is 0.256 e. The third-order valence-corrected chi connectivity index (χ3v) is 3.22. The zero-order valence-corrected chi connectivity index (χ0v) is 10.0. The van der Waals surface area contributed by atoms with Gasteiger partial charge in [-0.05, 0) is 17.0 Å². The molecule has 0 saturated heterocycles. The quantitative estimate of drug-likeness (QED) is 0.614. The van der Waals surface area contributed by atoms with Crippen molar-refractivity contribution in [2.24, 2.45) is 0 Å². The van der Waals surface area contributed by atoms with Gasteiger partial charge in [0.2, 0.25) is 0 Å². The SMILES string of the molecule is N#CC(C#N)c1cccc2ccc3cccnc3c12. The fourth-order valence-electron chi connectivity index (χ4n) is 2.35. The lowest BCUT2D eigenvalue weighted by molar-refractivity contribution is 1.12. The Hall–Kier alpha value is -2.91. The molecule has 3 nitrogen and oxygen atoms in total. The Morgan fingerprint density at radius 2 is 1.63 bits per heavy atom.